The number of hydrogen-bond donors (Lipinski definition) is 2. The van der Waals surface area contributed by atoms with E-state index >= 15 is 0 Å². The van der Waals surface area contributed by atoms with Gasteiger partial charge in [-0.25, -0.2) is 9.59 Å². The minimum absolute atomic E-state index is 0.0190. The maximum Gasteiger partial charge on any atom is 0.407 e. The van der Waals surface area contributed by atoms with E-state index in [2.05, 4.69) is 29.6 Å². The summed E-state index contributed by atoms with van der Waals surface area (Å²) < 4.78 is 5.66. The van der Waals surface area contributed by atoms with Gasteiger partial charge in [-0.05, 0) is 67.7 Å². The second-order valence-electron chi connectivity index (χ2n) is 10.2. The zero-order valence-corrected chi connectivity index (χ0v) is 20.0. The van der Waals surface area contributed by atoms with Gasteiger partial charge in [0.15, 0.2) is 0 Å². The van der Waals surface area contributed by atoms with Crippen molar-refractivity contribution in [2.45, 2.75) is 62.9 Å². The number of rotatable bonds is 5. The number of carbonyl (C=O) groups is 3. The van der Waals surface area contributed by atoms with Gasteiger partial charge in [0.1, 0.15) is 12.1 Å². The van der Waals surface area contributed by atoms with Crippen molar-refractivity contribution in [1.82, 2.24) is 10.2 Å². The Balaban J connectivity index is 1.13. The van der Waals surface area contributed by atoms with Crippen molar-refractivity contribution in [2.24, 2.45) is 5.92 Å². The van der Waals surface area contributed by atoms with Gasteiger partial charge in [0.2, 0.25) is 5.91 Å². The third kappa shape index (κ3) is 4.28. The molecule has 0 spiro atoms. The van der Waals surface area contributed by atoms with Crippen LogP contribution in [0.25, 0.3) is 11.1 Å². The molecule has 2 fully saturated rings. The molecule has 2 aliphatic carbocycles. The van der Waals surface area contributed by atoms with Crippen molar-refractivity contribution < 1.29 is 24.2 Å². The van der Waals surface area contributed by atoms with Gasteiger partial charge in [-0.1, -0.05) is 48.5 Å². The molecule has 1 saturated heterocycles. The van der Waals surface area contributed by atoms with Gasteiger partial charge in [-0.15, -0.1) is 0 Å². The molecule has 184 valence electrons. The van der Waals surface area contributed by atoms with E-state index in [0.29, 0.717) is 45.1 Å². The smallest absolute Gasteiger partial charge is 0.407 e. The molecule has 2 aromatic carbocycles. The number of carboxylic acids is 1. The summed E-state index contributed by atoms with van der Waals surface area (Å²) in [5.41, 5.74) is 3.63. The van der Waals surface area contributed by atoms with E-state index in [-0.39, 0.29) is 30.4 Å². The fourth-order valence-corrected chi connectivity index (χ4v) is 6.05. The van der Waals surface area contributed by atoms with Crippen LogP contribution in [0.3, 0.4) is 0 Å². The van der Waals surface area contributed by atoms with Crippen LogP contribution in [0.15, 0.2) is 48.5 Å². The van der Waals surface area contributed by atoms with Crippen molar-refractivity contribution >= 4 is 18.0 Å². The lowest BCUT2D eigenvalue weighted by atomic mass is 9.84. The first-order valence-electron chi connectivity index (χ1n) is 12.5. The molecule has 1 saturated carbocycles. The Bertz CT molecular complexity index is 1090. The Hall–Kier alpha value is -3.35. The van der Waals surface area contributed by atoms with E-state index in [1.807, 2.05) is 24.3 Å². The Morgan fingerprint density at radius 3 is 2.20 bits per heavy atom. The minimum atomic E-state index is -1.10. The number of benzene rings is 2. The first-order chi connectivity index (χ1) is 16.9. The summed E-state index contributed by atoms with van der Waals surface area (Å²) in [6, 6.07) is 16.4. The Labute approximate surface area is 205 Å². The predicted octanol–water partition coefficient (Wildman–Crippen LogP) is 4.55. The van der Waals surface area contributed by atoms with E-state index in [4.69, 9.17) is 4.74 Å². The summed E-state index contributed by atoms with van der Waals surface area (Å²) in [5.74, 6) is -1.17. The molecule has 7 nitrogen and oxygen atoms in total. The summed E-state index contributed by atoms with van der Waals surface area (Å²) in [4.78, 5) is 38.9. The predicted molar refractivity (Wildman–Crippen MR) is 131 cm³/mol. The van der Waals surface area contributed by atoms with Crippen LogP contribution in [0, 0.1) is 5.92 Å². The van der Waals surface area contributed by atoms with Gasteiger partial charge >= 0.3 is 12.1 Å². The van der Waals surface area contributed by atoms with Gasteiger partial charge in [0, 0.05) is 24.4 Å². The van der Waals surface area contributed by atoms with Crippen molar-refractivity contribution in [3.05, 3.63) is 59.7 Å². The second kappa shape index (κ2) is 9.36. The first-order valence-corrected chi connectivity index (χ1v) is 12.5. The summed E-state index contributed by atoms with van der Waals surface area (Å²) in [7, 11) is 0. The zero-order valence-electron chi connectivity index (χ0n) is 20.0. The average molecular weight is 477 g/mol. The summed E-state index contributed by atoms with van der Waals surface area (Å²) >= 11 is 0. The highest BCUT2D eigenvalue weighted by molar-refractivity contribution is 5.88. The maximum atomic E-state index is 13.1. The number of aliphatic carboxylic acids is 1. The number of ether oxygens (including phenoxy) is 1. The monoisotopic (exact) mass is 476 g/mol. The maximum absolute atomic E-state index is 13.1. The standard InChI is InChI=1S/C28H32N2O5/c1-28(26(32)33)15-6-16-30(28)25(31)18-11-13-19(14-12-18)29-27(34)35-17-24-22-9-4-2-7-20(22)21-8-3-5-10-23(21)24/h2-5,7-10,18-19,24H,6,11-17H2,1H3,(H,29,34)(H,32,33)/t18?,19?,28-/m1/s1. The number of carboxylic acid groups (broad SMARTS) is 1. The van der Waals surface area contributed by atoms with Crippen LogP contribution in [0.1, 0.15) is 62.5 Å². The number of amides is 2. The zero-order chi connectivity index (χ0) is 24.6. The molecule has 0 unspecified atom stereocenters. The first kappa shape index (κ1) is 23.4. The molecule has 0 aromatic heterocycles. The highest BCUT2D eigenvalue weighted by atomic mass is 16.5. The van der Waals surface area contributed by atoms with Crippen LogP contribution in [-0.2, 0) is 14.3 Å². The third-order valence-electron chi connectivity index (χ3n) is 8.11. The molecule has 1 atom stereocenters. The number of fused-ring (bicyclic) bond motifs is 3. The highest BCUT2D eigenvalue weighted by Gasteiger charge is 2.47. The average Bonchev–Trinajstić information content (AvgIpc) is 3.42. The topological polar surface area (TPSA) is 95.9 Å². The van der Waals surface area contributed by atoms with Gasteiger partial charge in [0.05, 0.1) is 0 Å². The van der Waals surface area contributed by atoms with Gasteiger partial charge in [-0.3, -0.25) is 4.79 Å². The number of likely N-dealkylation sites (tertiary alicyclic amines) is 1. The molecule has 2 aromatic rings. The number of carbonyl (C=O) groups excluding carboxylic acids is 2. The molecule has 35 heavy (non-hydrogen) atoms. The fraction of sp³-hybridized carbons (Fsp3) is 0.464. The lowest BCUT2D eigenvalue weighted by Gasteiger charge is -2.36. The summed E-state index contributed by atoms with van der Waals surface area (Å²) in [6.07, 6.45) is 3.41. The van der Waals surface area contributed by atoms with Crippen LogP contribution < -0.4 is 5.32 Å². The molecule has 1 heterocycles. The van der Waals surface area contributed by atoms with Crippen LogP contribution >= 0.6 is 0 Å². The number of nitrogens with one attached hydrogen (secondary N) is 1. The molecule has 2 amide bonds. The molecule has 5 rings (SSSR count). The Morgan fingerprint density at radius 1 is 1.00 bits per heavy atom. The molecule has 0 bridgehead atoms. The number of alkyl carbamates (subject to hydrolysis) is 1. The van der Waals surface area contributed by atoms with Crippen molar-refractivity contribution in [3.8, 4) is 11.1 Å². The van der Waals surface area contributed by atoms with Crippen LogP contribution in [0.2, 0.25) is 0 Å². The molecule has 0 radical (unpaired) electrons. The van der Waals surface area contributed by atoms with Crippen LogP contribution in [0.5, 0.6) is 0 Å². The van der Waals surface area contributed by atoms with E-state index in [9.17, 15) is 19.5 Å². The second-order valence-corrected chi connectivity index (χ2v) is 10.2. The van der Waals surface area contributed by atoms with Crippen molar-refractivity contribution in [1.29, 1.82) is 0 Å². The lowest BCUT2D eigenvalue weighted by Crippen LogP contribution is -2.53. The molecule has 1 aliphatic heterocycles. The van der Waals surface area contributed by atoms with E-state index in [1.165, 1.54) is 22.3 Å². The fourth-order valence-electron chi connectivity index (χ4n) is 6.05. The molecular weight excluding hydrogens is 444 g/mol. The largest absolute Gasteiger partial charge is 0.480 e. The van der Waals surface area contributed by atoms with Crippen LogP contribution in [-0.4, -0.2) is 52.7 Å². The van der Waals surface area contributed by atoms with E-state index < -0.39 is 17.6 Å². The van der Waals surface area contributed by atoms with Crippen LogP contribution in [0.4, 0.5) is 4.79 Å². The Kier molecular flexibility index (Phi) is 6.26. The van der Waals surface area contributed by atoms with E-state index in [0.717, 1.165) is 0 Å². The highest BCUT2D eigenvalue weighted by Crippen LogP contribution is 2.44. The van der Waals surface area contributed by atoms with Gasteiger partial charge < -0.3 is 20.1 Å². The van der Waals surface area contributed by atoms with Crippen molar-refractivity contribution in [3.63, 3.8) is 0 Å². The molecular formula is C28H32N2O5. The Morgan fingerprint density at radius 2 is 1.60 bits per heavy atom. The molecule has 3 aliphatic rings. The lowest BCUT2D eigenvalue weighted by molar-refractivity contribution is -0.157. The third-order valence-corrected chi connectivity index (χ3v) is 8.11. The SMILES string of the molecule is C[C@]1(C(=O)O)CCCN1C(=O)C1CCC(NC(=O)OCC2c3ccccc3-c3ccccc32)CC1. The molecule has 7 heteroatoms. The normalized spacial score (nSPS) is 25.6. The summed E-state index contributed by atoms with van der Waals surface area (Å²) in [6.45, 7) is 2.42. The molecule has 2 N–H and O–H groups in total. The number of hydrogen-bond acceptors (Lipinski definition) is 4. The quantitative estimate of drug-likeness (QED) is 0.660. The number of nitrogens with zero attached hydrogens (tertiary/aromatic N) is 1. The van der Waals surface area contributed by atoms with E-state index in [1.54, 1.807) is 11.8 Å². The minimum Gasteiger partial charge on any atom is -0.480 e. The van der Waals surface area contributed by atoms with Gasteiger partial charge in [-0.2, -0.15) is 0 Å². The van der Waals surface area contributed by atoms with Crippen molar-refractivity contribution in [2.75, 3.05) is 13.2 Å². The van der Waals surface area contributed by atoms with Gasteiger partial charge in [0.25, 0.3) is 0 Å². The summed E-state index contributed by atoms with van der Waals surface area (Å²) in [5, 5.41) is 12.6.